The zero-order chi connectivity index (χ0) is 13.0. The molecule has 6 heteroatoms. The van der Waals surface area contributed by atoms with Crippen LogP contribution >= 0.6 is 11.8 Å². The zero-order valence-electron chi connectivity index (χ0n) is 10.2. The maximum absolute atomic E-state index is 10.8. The minimum Gasteiger partial charge on any atom is -0.478 e. The summed E-state index contributed by atoms with van der Waals surface area (Å²) in [6.07, 6.45) is 4.30. The number of carboxylic acids is 1. The standard InChI is InChI=1S/C12H15N3O2S/c1-18-7-3-2-6-15-11-5-4-9(12(16)17)8-10(11)13-14-15/h4-5,8H,2-3,6-7H2,1H3,(H,16,17). The highest BCUT2D eigenvalue weighted by molar-refractivity contribution is 7.98. The van der Waals surface area contributed by atoms with Crippen LogP contribution in [-0.2, 0) is 6.54 Å². The minimum absolute atomic E-state index is 0.247. The molecule has 1 aromatic carbocycles. The van der Waals surface area contributed by atoms with Gasteiger partial charge in [0.1, 0.15) is 5.52 Å². The second-order valence-corrected chi connectivity index (χ2v) is 5.01. The van der Waals surface area contributed by atoms with Crippen molar-refractivity contribution in [3.8, 4) is 0 Å². The molecule has 2 aromatic rings. The Hall–Kier alpha value is -1.56. The monoisotopic (exact) mass is 265 g/mol. The van der Waals surface area contributed by atoms with Gasteiger partial charge in [-0.1, -0.05) is 5.21 Å². The van der Waals surface area contributed by atoms with Crippen molar-refractivity contribution in [1.29, 1.82) is 0 Å². The molecule has 0 atom stereocenters. The Balaban J connectivity index is 2.13. The Morgan fingerprint density at radius 1 is 1.44 bits per heavy atom. The van der Waals surface area contributed by atoms with Gasteiger partial charge in [0.2, 0.25) is 0 Å². The van der Waals surface area contributed by atoms with Gasteiger partial charge in [-0.15, -0.1) is 5.10 Å². The Bertz CT molecular complexity index is 553. The number of unbranched alkanes of at least 4 members (excludes halogenated alkanes) is 1. The number of hydrogen-bond acceptors (Lipinski definition) is 4. The van der Waals surface area contributed by atoms with Crippen molar-refractivity contribution in [3.05, 3.63) is 23.8 Å². The number of hydrogen-bond donors (Lipinski definition) is 1. The van der Waals surface area contributed by atoms with Crippen molar-refractivity contribution in [1.82, 2.24) is 15.0 Å². The van der Waals surface area contributed by atoms with E-state index in [4.69, 9.17) is 5.11 Å². The molecule has 0 saturated carbocycles. The quantitative estimate of drug-likeness (QED) is 0.811. The van der Waals surface area contributed by atoms with Gasteiger partial charge in [0.05, 0.1) is 11.1 Å². The summed E-state index contributed by atoms with van der Waals surface area (Å²) in [7, 11) is 0. The van der Waals surface area contributed by atoms with Crippen molar-refractivity contribution < 1.29 is 9.90 Å². The predicted octanol–water partition coefficient (Wildman–Crippen LogP) is 2.27. The van der Waals surface area contributed by atoms with Crippen LogP contribution in [0.5, 0.6) is 0 Å². The van der Waals surface area contributed by atoms with E-state index in [1.165, 1.54) is 0 Å². The van der Waals surface area contributed by atoms with Crippen LogP contribution in [0.3, 0.4) is 0 Å². The lowest BCUT2D eigenvalue weighted by Gasteiger charge is -2.01. The number of rotatable bonds is 6. The zero-order valence-corrected chi connectivity index (χ0v) is 11.0. The Morgan fingerprint density at radius 2 is 2.28 bits per heavy atom. The van der Waals surface area contributed by atoms with E-state index < -0.39 is 5.97 Å². The van der Waals surface area contributed by atoms with Crippen molar-refractivity contribution in [2.24, 2.45) is 0 Å². The first-order chi connectivity index (χ1) is 8.72. The van der Waals surface area contributed by atoms with E-state index in [1.54, 1.807) is 18.2 Å². The lowest BCUT2D eigenvalue weighted by molar-refractivity contribution is 0.0697. The molecule has 0 fully saturated rings. The molecule has 0 saturated heterocycles. The maximum atomic E-state index is 10.8. The van der Waals surface area contributed by atoms with Crippen LogP contribution in [0.25, 0.3) is 11.0 Å². The van der Waals surface area contributed by atoms with Crippen LogP contribution in [0.15, 0.2) is 18.2 Å². The number of carboxylic acid groups (broad SMARTS) is 1. The topological polar surface area (TPSA) is 68.0 Å². The second kappa shape index (κ2) is 5.86. The first kappa shape index (κ1) is 12.9. The highest BCUT2D eigenvalue weighted by Gasteiger charge is 2.08. The van der Waals surface area contributed by atoms with E-state index in [0.717, 1.165) is 30.7 Å². The number of thioether (sulfide) groups is 1. The van der Waals surface area contributed by atoms with Crippen molar-refractivity contribution >= 4 is 28.8 Å². The molecular formula is C12H15N3O2S. The predicted molar refractivity (Wildman–Crippen MR) is 72.1 cm³/mol. The second-order valence-electron chi connectivity index (χ2n) is 4.02. The maximum Gasteiger partial charge on any atom is 0.335 e. The molecule has 5 nitrogen and oxygen atoms in total. The molecule has 0 bridgehead atoms. The van der Waals surface area contributed by atoms with Gasteiger partial charge in [-0.25, -0.2) is 9.48 Å². The van der Waals surface area contributed by atoms with Crippen LogP contribution in [0.4, 0.5) is 0 Å². The molecule has 1 heterocycles. The first-order valence-electron chi connectivity index (χ1n) is 5.78. The van der Waals surface area contributed by atoms with E-state index in [2.05, 4.69) is 16.6 Å². The Kier molecular flexibility index (Phi) is 4.19. The number of aryl methyl sites for hydroxylation is 1. The minimum atomic E-state index is -0.938. The van der Waals surface area contributed by atoms with Gasteiger partial charge < -0.3 is 5.11 Å². The Labute approximate surface area is 109 Å². The number of carbonyl (C=O) groups is 1. The van der Waals surface area contributed by atoms with Crippen LogP contribution in [0.2, 0.25) is 0 Å². The van der Waals surface area contributed by atoms with E-state index in [1.807, 2.05) is 16.4 Å². The van der Waals surface area contributed by atoms with Crippen LogP contribution < -0.4 is 0 Å². The lowest BCUT2D eigenvalue weighted by atomic mass is 10.2. The molecular weight excluding hydrogens is 250 g/mol. The highest BCUT2D eigenvalue weighted by atomic mass is 32.2. The fourth-order valence-electron chi connectivity index (χ4n) is 1.78. The van der Waals surface area contributed by atoms with Crippen molar-refractivity contribution in [3.63, 3.8) is 0 Å². The summed E-state index contributed by atoms with van der Waals surface area (Å²) in [5.74, 6) is 0.210. The summed E-state index contributed by atoms with van der Waals surface area (Å²) in [5, 5.41) is 17.0. The highest BCUT2D eigenvalue weighted by Crippen LogP contribution is 2.14. The Morgan fingerprint density at radius 3 is 3.00 bits per heavy atom. The summed E-state index contributed by atoms with van der Waals surface area (Å²) in [4.78, 5) is 10.8. The molecule has 0 aliphatic carbocycles. The molecule has 0 aliphatic heterocycles. The average Bonchev–Trinajstić information content (AvgIpc) is 2.77. The smallest absolute Gasteiger partial charge is 0.335 e. The number of nitrogens with zero attached hydrogens (tertiary/aromatic N) is 3. The van der Waals surface area contributed by atoms with Gasteiger partial charge >= 0.3 is 5.97 Å². The third kappa shape index (κ3) is 2.81. The lowest BCUT2D eigenvalue weighted by Crippen LogP contribution is -2.01. The van der Waals surface area contributed by atoms with E-state index in [-0.39, 0.29) is 5.56 Å². The van der Waals surface area contributed by atoms with E-state index in [0.29, 0.717) is 5.52 Å². The summed E-state index contributed by atoms with van der Waals surface area (Å²) in [6.45, 7) is 0.823. The van der Waals surface area contributed by atoms with Crippen molar-refractivity contribution in [2.45, 2.75) is 19.4 Å². The van der Waals surface area contributed by atoms with Crippen LogP contribution in [-0.4, -0.2) is 38.1 Å². The molecule has 18 heavy (non-hydrogen) atoms. The fourth-order valence-corrected chi connectivity index (χ4v) is 2.27. The SMILES string of the molecule is CSCCCCn1nnc2cc(C(=O)O)ccc21. The molecule has 2 rings (SSSR count). The van der Waals surface area contributed by atoms with Gasteiger partial charge in [-0.05, 0) is 43.0 Å². The average molecular weight is 265 g/mol. The van der Waals surface area contributed by atoms with Gasteiger partial charge in [0.25, 0.3) is 0 Å². The summed E-state index contributed by atoms with van der Waals surface area (Å²) >= 11 is 1.84. The molecule has 0 aliphatic rings. The van der Waals surface area contributed by atoms with Crippen molar-refractivity contribution in [2.75, 3.05) is 12.0 Å². The molecule has 1 N–H and O–H groups in total. The summed E-state index contributed by atoms with van der Waals surface area (Å²) in [6, 6.07) is 4.92. The van der Waals surface area contributed by atoms with E-state index >= 15 is 0 Å². The largest absolute Gasteiger partial charge is 0.478 e. The normalized spacial score (nSPS) is 10.9. The van der Waals surface area contributed by atoms with Gasteiger partial charge in [0, 0.05) is 6.54 Å². The first-order valence-corrected chi connectivity index (χ1v) is 7.17. The number of aromatic nitrogens is 3. The third-order valence-electron chi connectivity index (χ3n) is 2.73. The number of fused-ring (bicyclic) bond motifs is 1. The third-order valence-corrected chi connectivity index (χ3v) is 3.43. The summed E-state index contributed by atoms with van der Waals surface area (Å²) in [5.41, 5.74) is 1.78. The van der Waals surface area contributed by atoms with Gasteiger partial charge in [-0.2, -0.15) is 11.8 Å². The van der Waals surface area contributed by atoms with E-state index in [9.17, 15) is 4.79 Å². The van der Waals surface area contributed by atoms with Gasteiger partial charge in [0.15, 0.2) is 0 Å². The van der Waals surface area contributed by atoms with Gasteiger partial charge in [-0.3, -0.25) is 0 Å². The molecule has 0 radical (unpaired) electrons. The summed E-state index contributed by atoms with van der Waals surface area (Å²) < 4.78 is 1.83. The molecule has 96 valence electrons. The van der Waals surface area contributed by atoms with Crippen LogP contribution in [0, 0.1) is 0 Å². The molecule has 0 spiro atoms. The number of benzene rings is 1. The molecule has 0 amide bonds. The number of aromatic carboxylic acids is 1. The molecule has 0 unspecified atom stereocenters. The van der Waals surface area contributed by atoms with Crippen LogP contribution in [0.1, 0.15) is 23.2 Å². The molecule has 1 aromatic heterocycles. The fraction of sp³-hybridized carbons (Fsp3) is 0.417.